The Morgan fingerprint density at radius 1 is 1.15 bits per heavy atom. The molecule has 0 radical (unpaired) electrons. The molecule has 0 amide bonds. The number of benzene rings is 1. The molecule has 0 bridgehead atoms. The van der Waals surface area contributed by atoms with Crippen molar-refractivity contribution in [3.63, 3.8) is 0 Å². The van der Waals surface area contributed by atoms with E-state index in [1.807, 2.05) is 24.3 Å². The third-order valence-electron chi connectivity index (χ3n) is 2.50. The van der Waals surface area contributed by atoms with Crippen LogP contribution < -0.4 is 0 Å². The Morgan fingerprint density at radius 2 is 1.75 bits per heavy atom. The van der Waals surface area contributed by atoms with E-state index in [4.69, 9.17) is 0 Å². The Balaban J connectivity index is 2.86. The molecular formula is C17H21BrOSi. The molecule has 20 heavy (non-hydrogen) atoms. The van der Waals surface area contributed by atoms with E-state index in [1.165, 1.54) is 0 Å². The molecule has 0 aliphatic heterocycles. The summed E-state index contributed by atoms with van der Waals surface area (Å²) in [5, 5.41) is 10.5. The maximum absolute atomic E-state index is 9.65. The summed E-state index contributed by atoms with van der Waals surface area (Å²) in [6.45, 7) is 6.68. The van der Waals surface area contributed by atoms with Gasteiger partial charge in [0.2, 0.25) is 0 Å². The Labute approximate surface area is 131 Å². The van der Waals surface area contributed by atoms with Gasteiger partial charge in [0.15, 0.2) is 0 Å². The van der Waals surface area contributed by atoms with Crippen molar-refractivity contribution < 1.29 is 5.11 Å². The highest BCUT2D eigenvalue weighted by Crippen LogP contribution is 2.07. The average molecular weight is 349 g/mol. The van der Waals surface area contributed by atoms with Gasteiger partial charge >= 0.3 is 0 Å². The fraction of sp³-hybridized carbons (Fsp3) is 0.412. The van der Waals surface area contributed by atoms with Gasteiger partial charge in [-0.05, 0) is 18.6 Å². The predicted molar refractivity (Wildman–Crippen MR) is 92.6 cm³/mol. The largest absolute Gasteiger partial charge is 0.392 e. The van der Waals surface area contributed by atoms with Crippen molar-refractivity contribution in [3.8, 4) is 23.3 Å². The maximum atomic E-state index is 9.65. The minimum atomic E-state index is -1.38. The lowest BCUT2D eigenvalue weighted by atomic mass is 10.1. The highest BCUT2D eigenvalue weighted by molar-refractivity contribution is 9.09. The number of aliphatic hydroxyl groups is 1. The molecule has 0 aliphatic rings. The zero-order valence-corrected chi connectivity index (χ0v) is 14.9. The van der Waals surface area contributed by atoms with Gasteiger partial charge in [-0.3, -0.25) is 0 Å². The number of halogens is 1. The highest BCUT2D eigenvalue weighted by Gasteiger charge is 2.07. The lowest BCUT2D eigenvalue weighted by Crippen LogP contribution is -2.16. The zero-order valence-electron chi connectivity index (χ0n) is 12.3. The van der Waals surface area contributed by atoms with Crippen LogP contribution in [0.1, 0.15) is 24.0 Å². The van der Waals surface area contributed by atoms with Gasteiger partial charge in [-0.15, -0.1) is 5.54 Å². The zero-order chi connectivity index (χ0) is 15.0. The topological polar surface area (TPSA) is 20.2 Å². The van der Waals surface area contributed by atoms with Crippen molar-refractivity contribution in [2.75, 3.05) is 5.33 Å². The number of hydrogen-bond donors (Lipinski definition) is 1. The molecule has 0 saturated heterocycles. The van der Waals surface area contributed by atoms with Gasteiger partial charge in [0, 0.05) is 22.9 Å². The first-order valence-electron chi connectivity index (χ1n) is 6.77. The monoisotopic (exact) mass is 348 g/mol. The van der Waals surface area contributed by atoms with E-state index in [9.17, 15) is 5.11 Å². The van der Waals surface area contributed by atoms with Gasteiger partial charge in [-0.25, -0.2) is 0 Å². The van der Waals surface area contributed by atoms with Gasteiger partial charge < -0.3 is 5.11 Å². The van der Waals surface area contributed by atoms with Crippen molar-refractivity contribution in [2.45, 2.75) is 38.6 Å². The SMILES string of the molecule is C[Si](C)(C)C#Cc1ccccc1C#CCC(O)CCBr. The number of alkyl halides is 1. The van der Waals surface area contributed by atoms with E-state index >= 15 is 0 Å². The normalized spacial score (nSPS) is 11.8. The Hall–Kier alpha value is -1.00. The van der Waals surface area contributed by atoms with Gasteiger partial charge in [0.05, 0.1) is 6.10 Å². The molecule has 1 rings (SSSR count). The van der Waals surface area contributed by atoms with Gasteiger partial charge in [-0.2, -0.15) is 0 Å². The summed E-state index contributed by atoms with van der Waals surface area (Å²) in [4.78, 5) is 0. The lowest BCUT2D eigenvalue weighted by Gasteiger charge is -2.04. The summed E-state index contributed by atoms with van der Waals surface area (Å²) in [7, 11) is -1.38. The van der Waals surface area contributed by atoms with Crippen molar-refractivity contribution in [1.82, 2.24) is 0 Å². The highest BCUT2D eigenvalue weighted by atomic mass is 79.9. The van der Waals surface area contributed by atoms with E-state index < -0.39 is 8.07 Å². The van der Waals surface area contributed by atoms with Crippen LogP contribution in [0.25, 0.3) is 0 Å². The van der Waals surface area contributed by atoms with Crippen molar-refractivity contribution >= 4 is 24.0 Å². The van der Waals surface area contributed by atoms with Crippen LogP contribution in [0.3, 0.4) is 0 Å². The van der Waals surface area contributed by atoms with Gasteiger partial charge in [0.1, 0.15) is 8.07 Å². The first-order valence-corrected chi connectivity index (χ1v) is 11.4. The van der Waals surface area contributed by atoms with E-state index in [0.29, 0.717) is 6.42 Å². The summed E-state index contributed by atoms with van der Waals surface area (Å²) in [5.74, 6) is 9.43. The molecule has 0 aromatic heterocycles. The fourth-order valence-electron chi connectivity index (χ4n) is 1.45. The quantitative estimate of drug-likeness (QED) is 0.500. The van der Waals surface area contributed by atoms with Crippen LogP contribution in [0.2, 0.25) is 19.6 Å². The van der Waals surface area contributed by atoms with E-state index in [1.54, 1.807) is 0 Å². The van der Waals surface area contributed by atoms with Crippen LogP contribution >= 0.6 is 15.9 Å². The van der Waals surface area contributed by atoms with Crippen LogP contribution in [-0.2, 0) is 0 Å². The average Bonchev–Trinajstić information content (AvgIpc) is 2.37. The number of hydrogen-bond acceptors (Lipinski definition) is 1. The molecule has 0 aliphatic carbocycles. The van der Waals surface area contributed by atoms with E-state index in [-0.39, 0.29) is 6.10 Å². The van der Waals surface area contributed by atoms with Crippen molar-refractivity contribution in [3.05, 3.63) is 35.4 Å². The first kappa shape index (κ1) is 17.0. The summed E-state index contributed by atoms with van der Waals surface area (Å²) in [6.07, 6.45) is 0.870. The predicted octanol–water partition coefficient (Wildman–Crippen LogP) is 3.80. The Morgan fingerprint density at radius 3 is 2.30 bits per heavy atom. The standard InChI is InChI=1S/C17H21BrOSi/c1-20(2,3)14-12-16-8-5-4-7-15(16)9-6-10-17(19)11-13-18/h4-5,7-8,17,19H,10-11,13H2,1-3H3. The van der Waals surface area contributed by atoms with Crippen LogP contribution in [0.15, 0.2) is 24.3 Å². The first-order chi connectivity index (χ1) is 9.42. The Kier molecular flexibility index (Phi) is 7.09. The molecule has 0 saturated carbocycles. The summed E-state index contributed by atoms with van der Waals surface area (Å²) in [5.41, 5.74) is 5.30. The molecular weight excluding hydrogens is 328 g/mol. The summed E-state index contributed by atoms with van der Waals surface area (Å²) in [6, 6.07) is 7.95. The van der Waals surface area contributed by atoms with Crippen molar-refractivity contribution in [2.24, 2.45) is 0 Å². The molecule has 0 fully saturated rings. The minimum absolute atomic E-state index is 0.359. The van der Waals surface area contributed by atoms with Crippen LogP contribution in [0.4, 0.5) is 0 Å². The van der Waals surface area contributed by atoms with Crippen molar-refractivity contribution in [1.29, 1.82) is 0 Å². The summed E-state index contributed by atoms with van der Waals surface area (Å²) < 4.78 is 0. The molecule has 1 unspecified atom stereocenters. The molecule has 106 valence electrons. The van der Waals surface area contributed by atoms with Crippen LogP contribution in [0, 0.1) is 23.3 Å². The third kappa shape index (κ3) is 6.96. The number of rotatable bonds is 3. The molecule has 1 nitrogen and oxygen atoms in total. The second-order valence-corrected chi connectivity index (χ2v) is 11.2. The lowest BCUT2D eigenvalue weighted by molar-refractivity contribution is 0.178. The Bertz CT molecular complexity index is 552. The number of aliphatic hydroxyl groups excluding tert-OH is 1. The molecule has 3 heteroatoms. The molecule has 1 aromatic carbocycles. The molecule has 0 heterocycles. The maximum Gasteiger partial charge on any atom is 0.129 e. The van der Waals surface area contributed by atoms with Gasteiger partial charge in [0.25, 0.3) is 0 Å². The van der Waals surface area contributed by atoms with Crippen LogP contribution in [0.5, 0.6) is 0 Å². The van der Waals surface area contributed by atoms with Gasteiger partial charge in [-0.1, -0.05) is 65.5 Å². The molecule has 1 atom stereocenters. The summed E-state index contributed by atoms with van der Waals surface area (Å²) >= 11 is 3.31. The second kappa shape index (κ2) is 8.32. The molecule has 1 N–H and O–H groups in total. The molecule has 1 aromatic rings. The van der Waals surface area contributed by atoms with E-state index in [0.717, 1.165) is 22.9 Å². The minimum Gasteiger partial charge on any atom is -0.392 e. The van der Waals surface area contributed by atoms with Crippen LogP contribution in [-0.4, -0.2) is 24.6 Å². The fourth-order valence-corrected chi connectivity index (χ4v) is 2.49. The third-order valence-corrected chi connectivity index (χ3v) is 3.84. The second-order valence-electron chi connectivity index (χ2n) is 5.68. The van der Waals surface area contributed by atoms with E-state index in [2.05, 4.69) is 58.9 Å². The smallest absolute Gasteiger partial charge is 0.129 e. The molecule has 0 spiro atoms.